The Labute approximate surface area is 170 Å². The van der Waals surface area contributed by atoms with Crippen LogP contribution in [0, 0.1) is 22.8 Å². The standard InChI is InChI=1S/C21H25ClN4O2/c1-25(18-7-2-15(13-27)3-8-18)21(24)16-4-9-19(10-5-16)28-20-11-6-17(22)12-26(20)14-23/h4-6,9-11,15,18,24,27H,2-3,7-8,12-13H2,1H3. The molecule has 148 valence electrons. The van der Waals surface area contributed by atoms with Gasteiger partial charge in [0, 0.05) is 36.4 Å². The smallest absolute Gasteiger partial charge is 0.209 e. The Hall–Kier alpha value is -2.49. The Morgan fingerprint density at radius 3 is 2.57 bits per heavy atom. The molecule has 0 spiro atoms. The molecule has 1 aromatic carbocycles. The summed E-state index contributed by atoms with van der Waals surface area (Å²) in [5.74, 6) is 1.90. The summed E-state index contributed by atoms with van der Waals surface area (Å²) in [6, 6.07) is 7.65. The maximum Gasteiger partial charge on any atom is 0.209 e. The number of amidine groups is 1. The molecular weight excluding hydrogens is 376 g/mol. The van der Waals surface area contributed by atoms with Crippen molar-refractivity contribution in [3.05, 3.63) is 52.9 Å². The SMILES string of the molecule is CN(C(=N)c1ccc(OC2=CC=C(Cl)CN2C#N)cc1)C1CCC(CO)CC1. The zero-order chi connectivity index (χ0) is 20.1. The molecule has 1 heterocycles. The number of ether oxygens (including phenoxy) is 1. The van der Waals surface area contributed by atoms with E-state index in [0.717, 1.165) is 31.2 Å². The van der Waals surface area contributed by atoms with Crippen LogP contribution in [0.5, 0.6) is 5.75 Å². The molecule has 0 atom stereocenters. The first-order valence-corrected chi connectivity index (χ1v) is 9.83. The molecular formula is C21H25ClN4O2. The normalized spacial score (nSPS) is 22.0. The molecule has 1 saturated carbocycles. The molecule has 6 nitrogen and oxygen atoms in total. The second-order valence-corrected chi connectivity index (χ2v) is 7.73. The van der Waals surface area contributed by atoms with Crippen molar-refractivity contribution in [3.63, 3.8) is 0 Å². The van der Waals surface area contributed by atoms with E-state index in [2.05, 4.69) is 6.19 Å². The van der Waals surface area contributed by atoms with Crippen LogP contribution < -0.4 is 4.74 Å². The van der Waals surface area contributed by atoms with Gasteiger partial charge < -0.3 is 14.7 Å². The number of benzene rings is 1. The zero-order valence-corrected chi connectivity index (χ0v) is 16.7. The molecule has 2 N–H and O–H groups in total. The summed E-state index contributed by atoms with van der Waals surface area (Å²) in [6.45, 7) is 0.562. The van der Waals surface area contributed by atoms with Crippen molar-refractivity contribution in [2.75, 3.05) is 20.2 Å². The number of hydrogen-bond donors (Lipinski definition) is 2. The van der Waals surface area contributed by atoms with E-state index in [0.29, 0.717) is 41.0 Å². The first-order chi connectivity index (χ1) is 13.5. The Bertz CT molecular complexity index is 805. The molecule has 1 aliphatic heterocycles. The molecule has 0 amide bonds. The van der Waals surface area contributed by atoms with Gasteiger partial charge in [0.05, 0.1) is 6.54 Å². The van der Waals surface area contributed by atoms with Crippen molar-refractivity contribution in [1.29, 1.82) is 10.7 Å². The van der Waals surface area contributed by atoms with Gasteiger partial charge in [0.25, 0.3) is 0 Å². The minimum absolute atomic E-state index is 0.261. The largest absolute Gasteiger partial charge is 0.440 e. The fraction of sp³-hybridized carbons (Fsp3) is 0.429. The average molecular weight is 401 g/mol. The van der Waals surface area contributed by atoms with Crippen LogP contribution in [-0.4, -0.2) is 47.0 Å². The van der Waals surface area contributed by atoms with Crippen molar-refractivity contribution >= 4 is 17.4 Å². The van der Waals surface area contributed by atoms with E-state index in [1.807, 2.05) is 24.1 Å². The Morgan fingerprint density at radius 2 is 1.96 bits per heavy atom. The number of aliphatic hydroxyl groups is 1. The summed E-state index contributed by atoms with van der Waals surface area (Å²) in [7, 11) is 1.96. The zero-order valence-electron chi connectivity index (χ0n) is 15.9. The van der Waals surface area contributed by atoms with E-state index in [4.69, 9.17) is 21.7 Å². The maximum atomic E-state index is 9.29. The van der Waals surface area contributed by atoms with Gasteiger partial charge in [-0.2, -0.15) is 5.26 Å². The second kappa shape index (κ2) is 9.13. The molecule has 1 aliphatic carbocycles. The molecule has 1 aromatic rings. The first-order valence-electron chi connectivity index (χ1n) is 9.46. The fourth-order valence-electron chi connectivity index (χ4n) is 3.61. The van der Waals surface area contributed by atoms with Crippen LogP contribution in [0.15, 0.2) is 47.3 Å². The lowest BCUT2D eigenvalue weighted by atomic mass is 9.86. The minimum atomic E-state index is 0.261. The molecule has 3 rings (SSSR count). The van der Waals surface area contributed by atoms with E-state index >= 15 is 0 Å². The van der Waals surface area contributed by atoms with Crippen LogP contribution in [0.2, 0.25) is 0 Å². The van der Waals surface area contributed by atoms with E-state index in [-0.39, 0.29) is 6.61 Å². The third-order valence-electron chi connectivity index (χ3n) is 5.43. The summed E-state index contributed by atoms with van der Waals surface area (Å²) in [5, 5.41) is 27.6. The number of nitriles is 1. The number of halogens is 1. The molecule has 7 heteroatoms. The molecule has 0 unspecified atom stereocenters. The predicted octanol–water partition coefficient (Wildman–Crippen LogP) is 3.63. The third kappa shape index (κ3) is 4.67. The lowest BCUT2D eigenvalue weighted by Crippen LogP contribution is -2.39. The van der Waals surface area contributed by atoms with E-state index in [1.165, 1.54) is 4.90 Å². The highest BCUT2D eigenvalue weighted by atomic mass is 35.5. The summed E-state index contributed by atoms with van der Waals surface area (Å²) in [6.07, 6.45) is 9.45. The van der Waals surface area contributed by atoms with E-state index in [1.54, 1.807) is 24.3 Å². The predicted molar refractivity (Wildman–Crippen MR) is 109 cm³/mol. The summed E-state index contributed by atoms with van der Waals surface area (Å²) >= 11 is 5.95. The average Bonchev–Trinajstić information content (AvgIpc) is 2.74. The number of nitrogens with one attached hydrogen (secondary N) is 1. The van der Waals surface area contributed by atoms with Gasteiger partial charge in [-0.05, 0) is 61.9 Å². The molecule has 0 radical (unpaired) electrons. The lowest BCUT2D eigenvalue weighted by Gasteiger charge is -2.35. The van der Waals surface area contributed by atoms with Gasteiger partial charge in [-0.15, -0.1) is 0 Å². The van der Waals surface area contributed by atoms with Crippen molar-refractivity contribution in [2.45, 2.75) is 31.7 Å². The van der Waals surface area contributed by atoms with Gasteiger partial charge in [0.2, 0.25) is 5.88 Å². The van der Waals surface area contributed by atoms with Gasteiger partial charge in [0.15, 0.2) is 6.19 Å². The Kier molecular flexibility index (Phi) is 6.61. The van der Waals surface area contributed by atoms with Crippen LogP contribution in [0.3, 0.4) is 0 Å². The summed E-state index contributed by atoms with van der Waals surface area (Å²) in [4.78, 5) is 3.41. The quantitative estimate of drug-likeness (QED) is 0.448. The number of allylic oxidation sites excluding steroid dienone is 2. The first kappa shape index (κ1) is 20.2. The van der Waals surface area contributed by atoms with Gasteiger partial charge in [-0.25, -0.2) is 4.90 Å². The Balaban J connectivity index is 1.62. The summed E-state index contributed by atoms with van der Waals surface area (Å²) in [5.41, 5.74) is 0.817. The highest BCUT2D eigenvalue weighted by molar-refractivity contribution is 6.30. The molecule has 1 fully saturated rings. The fourth-order valence-corrected chi connectivity index (χ4v) is 3.79. The van der Waals surface area contributed by atoms with Gasteiger partial charge in [-0.1, -0.05) is 11.6 Å². The highest BCUT2D eigenvalue weighted by Crippen LogP contribution is 2.28. The third-order valence-corrected chi connectivity index (χ3v) is 5.67. The topological polar surface area (TPSA) is 83.6 Å². The van der Waals surface area contributed by atoms with E-state index in [9.17, 15) is 10.4 Å². The van der Waals surface area contributed by atoms with Gasteiger partial charge >= 0.3 is 0 Å². The van der Waals surface area contributed by atoms with Gasteiger partial charge in [0.1, 0.15) is 11.6 Å². The monoisotopic (exact) mass is 400 g/mol. The molecule has 28 heavy (non-hydrogen) atoms. The summed E-state index contributed by atoms with van der Waals surface area (Å²) < 4.78 is 5.80. The number of nitrogens with zero attached hydrogens (tertiary/aromatic N) is 3. The van der Waals surface area contributed by atoms with Gasteiger partial charge in [-0.3, -0.25) is 5.41 Å². The lowest BCUT2D eigenvalue weighted by molar-refractivity contribution is 0.156. The highest BCUT2D eigenvalue weighted by Gasteiger charge is 2.25. The van der Waals surface area contributed by atoms with Crippen molar-refractivity contribution < 1.29 is 9.84 Å². The van der Waals surface area contributed by atoms with Crippen LogP contribution in [0.4, 0.5) is 0 Å². The second-order valence-electron chi connectivity index (χ2n) is 7.25. The van der Waals surface area contributed by atoms with Crippen LogP contribution in [0.25, 0.3) is 0 Å². The van der Waals surface area contributed by atoms with Crippen molar-refractivity contribution in [3.8, 4) is 11.9 Å². The maximum absolute atomic E-state index is 9.29. The van der Waals surface area contributed by atoms with Crippen LogP contribution in [-0.2, 0) is 0 Å². The number of hydrogen-bond acceptors (Lipinski definition) is 5. The number of aliphatic hydroxyl groups excluding tert-OH is 1. The number of rotatable bonds is 5. The van der Waals surface area contributed by atoms with Crippen molar-refractivity contribution in [1.82, 2.24) is 9.80 Å². The molecule has 0 bridgehead atoms. The van der Waals surface area contributed by atoms with Crippen LogP contribution in [0.1, 0.15) is 31.2 Å². The van der Waals surface area contributed by atoms with E-state index < -0.39 is 0 Å². The molecule has 0 saturated heterocycles. The Morgan fingerprint density at radius 1 is 1.29 bits per heavy atom. The molecule has 2 aliphatic rings. The molecule has 0 aromatic heterocycles. The minimum Gasteiger partial charge on any atom is -0.440 e. The van der Waals surface area contributed by atoms with Crippen LogP contribution >= 0.6 is 11.6 Å². The van der Waals surface area contributed by atoms with Crippen molar-refractivity contribution in [2.24, 2.45) is 5.92 Å².